The van der Waals surface area contributed by atoms with Gasteiger partial charge in [0, 0.05) is 45.6 Å². The molecule has 33 heavy (non-hydrogen) atoms. The number of carbonyl (C=O) groups is 4. The number of imide groups is 1. The van der Waals surface area contributed by atoms with E-state index in [0.29, 0.717) is 58.3 Å². The number of carbonyl (C=O) groups excluding carboxylic acids is 4. The van der Waals surface area contributed by atoms with Gasteiger partial charge in [0.15, 0.2) is 0 Å². The van der Waals surface area contributed by atoms with Gasteiger partial charge in [0.1, 0.15) is 5.54 Å². The van der Waals surface area contributed by atoms with Gasteiger partial charge < -0.3 is 15.1 Å². The lowest BCUT2D eigenvalue weighted by Crippen LogP contribution is -2.50. The lowest BCUT2D eigenvalue weighted by Gasteiger charge is -2.35. The number of urea groups is 1. The third-order valence-corrected chi connectivity index (χ3v) is 7.16. The lowest BCUT2D eigenvalue weighted by molar-refractivity contribution is -0.139. The Balaban J connectivity index is 1.13. The lowest BCUT2D eigenvalue weighted by atomic mass is 9.98. The Labute approximate surface area is 195 Å². The standard InChI is InChI=1S/C25H34N4O4/c30-21(11-6-10-20-8-2-1-3-9-20)27-16-18-28(19-17-27)22(31)12-7-15-29-23(32)25(26-24(29)33)13-4-5-14-25/h1-3,8-9H,4-7,10-19H2,(H,26,33). The minimum atomic E-state index is -0.689. The van der Waals surface area contributed by atoms with Crippen LogP contribution in [0.25, 0.3) is 0 Å². The number of piperazine rings is 1. The monoisotopic (exact) mass is 454 g/mol. The molecule has 1 spiro atoms. The summed E-state index contributed by atoms with van der Waals surface area (Å²) in [6.07, 6.45) is 6.35. The molecule has 1 aromatic rings. The summed E-state index contributed by atoms with van der Waals surface area (Å²) in [5.41, 5.74) is 0.553. The third-order valence-electron chi connectivity index (χ3n) is 7.16. The van der Waals surface area contributed by atoms with E-state index in [1.165, 1.54) is 10.5 Å². The number of benzene rings is 1. The predicted molar refractivity (Wildman–Crippen MR) is 123 cm³/mol. The maximum Gasteiger partial charge on any atom is 0.325 e. The quantitative estimate of drug-likeness (QED) is 0.611. The number of aryl methyl sites for hydroxylation is 1. The molecule has 2 saturated heterocycles. The highest BCUT2D eigenvalue weighted by Crippen LogP contribution is 2.35. The van der Waals surface area contributed by atoms with Crippen molar-refractivity contribution in [3.8, 4) is 0 Å². The smallest absolute Gasteiger partial charge is 0.325 e. The molecule has 0 aromatic heterocycles. The molecule has 5 amide bonds. The van der Waals surface area contributed by atoms with Gasteiger partial charge >= 0.3 is 6.03 Å². The third kappa shape index (κ3) is 5.37. The summed E-state index contributed by atoms with van der Waals surface area (Å²) in [5, 5.41) is 2.87. The van der Waals surface area contributed by atoms with Gasteiger partial charge in [-0.3, -0.25) is 19.3 Å². The molecule has 1 aromatic carbocycles. The van der Waals surface area contributed by atoms with E-state index in [-0.39, 0.29) is 30.3 Å². The minimum absolute atomic E-state index is 0.0220. The zero-order chi connectivity index (χ0) is 23.3. The van der Waals surface area contributed by atoms with E-state index in [9.17, 15) is 19.2 Å². The average Bonchev–Trinajstić information content (AvgIpc) is 3.39. The first-order chi connectivity index (χ1) is 16.0. The summed E-state index contributed by atoms with van der Waals surface area (Å²) in [6, 6.07) is 9.84. The van der Waals surface area contributed by atoms with Crippen molar-refractivity contribution in [2.24, 2.45) is 0 Å². The maximum absolute atomic E-state index is 12.7. The second-order valence-electron chi connectivity index (χ2n) is 9.38. The molecule has 1 saturated carbocycles. The van der Waals surface area contributed by atoms with Crippen molar-refractivity contribution in [3.63, 3.8) is 0 Å². The topological polar surface area (TPSA) is 90.0 Å². The van der Waals surface area contributed by atoms with Crippen molar-refractivity contribution < 1.29 is 19.2 Å². The number of amides is 5. The van der Waals surface area contributed by atoms with Crippen molar-refractivity contribution >= 4 is 23.8 Å². The molecule has 4 rings (SSSR count). The van der Waals surface area contributed by atoms with E-state index in [4.69, 9.17) is 0 Å². The number of nitrogens with one attached hydrogen (secondary N) is 1. The summed E-state index contributed by atoms with van der Waals surface area (Å²) in [6.45, 7) is 2.47. The van der Waals surface area contributed by atoms with Crippen molar-refractivity contribution in [2.45, 2.75) is 63.3 Å². The van der Waals surface area contributed by atoms with Crippen LogP contribution in [0.5, 0.6) is 0 Å². The summed E-state index contributed by atoms with van der Waals surface area (Å²) >= 11 is 0. The van der Waals surface area contributed by atoms with Gasteiger partial charge in [-0.25, -0.2) is 4.79 Å². The molecule has 2 aliphatic heterocycles. The number of rotatable bonds is 8. The van der Waals surface area contributed by atoms with Crippen molar-refractivity contribution in [3.05, 3.63) is 35.9 Å². The Bertz CT molecular complexity index is 874. The van der Waals surface area contributed by atoms with Gasteiger partial charge in [0.25, 0.3) is 5.91 Å². The Morgan fingerprint density at radius 3 is 2.03 bits per heavy atom. The van der Waals surface area contributed by atoms with Gasteiger partial charge in [-0.1, -0.05) is 43.2 Å². The van der Waals surface area contributed by atoms with Crippen LogP contribution in [-0.4, -0.2) is 76.7 Å². The summed E-state index contributed by atoms with van der Waals surface area (Å²) in [5.74, 6) is 0.0445. The maximum atomic E-state index is 12.7. The van der Waals surface area contributed by atoms with Crippen LogP contribution in [0.3, 0.4) is 0 Å². The van der Waals surface area contributed by atoms with Gasteiger partial charge in [0.2, 0.25) is 11.8 Å². The van der Waals surface area contributed by atoms with E-state index in [0.717, 1.165) is 25.7 Å². The SMILES string of the molecule is O=C(CCCc1ccccc1)N1CCN(C(=O)CCCN2C(=O)NC3(CCCC3)C2=O)CC1. The molecule has 8 heteroatoms. The van der Waals surface area contributed by atoms with Crippen molar-refractivity contribution in [1.82, 2.24) is 20.0 Å². The van der Waals surface area contributed by atoms with Crippen LogP contribution < -0.4 is 5.32 Å². The van der Waals surface area contributed by atoms with Crippen molar-refractivity contribution in [1.29, 1.82) is 0 Å². The van der Waals surface area contributed by atoms with Gasteiger partial charge in [0.05, 0.1) is 0 Å². The zero-order valence-electron chi connectivity index (χ0n) is 19.3. The number of hydrogen-bond acceptors (Lipinski definition) is 4. The minimum Gasteiger partial charge on any atom is -0.339 e. The number of nitrogens with zero attached hydrogens (tertiary/aromatic N) is 3. The second kappa shape index (κ2) is 10.4. The normalized spacial score (nSPS) is 19.9. The van der Waals surface area contributed by atoms with Crippen LogP contribution in [-0.2, 0) is 20.8 Å². The highest BCUT2D eigenvalue weighted by Gasteiger charge is 2.52. The number of hydrogen-bond donors (Lipinski definition) is 1. The fourth-order valence-electron chi connectivity index (χ4n) is 5.20. The second-order valence-corrected chi connectivity index (χ2v) is 9.38. The van der Waals surface area contributed by atoms with Crippen LogP contribution in [0.4, 0.5) is 4.79 Å². The van der Waals surface area contributed by atoms with Crippen LogP contribution >= 0.6 is 0 Å². The molecule has 1 aliphatic carbocycles. The first-order valence-electron chi connectivity index (χ1n) is 12.2. The van der Waals surface area contributed by atoms with Gasteiger partial charge in [-0.15, -0.1) is 0 Å². The Morgan fingerprint density at radius 2 is 1.42 bits per heavy atom. The largest absolute Gasteiger partial charge is 0.339 e. The highest BCUT2D eigenvalue weighted by atomic mass is 16.2. The average molecular weight is 455 g/mol. The Kier molecular flexibility index (Phi) is 7.30. The van der Waals surface area contributed by atoms with Crippen LogP contribution in [0, 0.1) is 0 Å². The Hall–Kier alpha value is -2.90. The van der Waals surface area contributed by atoms with Crippen LogP contribution in [0.15, 0.2) is 30.3 Å². The van der Waals surface area contributed by atoms with E-state index in [1.807, 2.05) is 23.1 Å². The van der Waals surface area contributed by atoms with E-state index < -0.39 is 5.54 Å². The van der Waals surface area contributed by atoms with Gasteiger partial charge in [-0.2, -0.15) is 0 Å². The summed E-state index contributed by atoms with van der Waals surface area (Å²) in [7, 11) is 0. The molecule has 2 heterocycles. The molecule has 0 atom stereocenters. The van der Waals surface area contributed by atoms with E-state index in [2.05, 4.69) is 17.4 Å². The Morgan fingerprint density at radius 1 is 0.848 bits per heavy atom. The van der Waals surface area contributed by atoms with Gasteiger partial charge in [-0.05, 0) is 37.7 Å². The predicted octanol–water partition coefficient (Wildman–Crippen LogP) is 2.32. The molecular formula is C25H34N4O4. The van der Waals surface area contributed by atoms with Crippen LogP contribution in [0.1, 0.15) is 56.9 Å². The molecule has 8 nitrogen and oxygen atoms in total. The molecule has 1 N–H and O–H groups in total. The van der Waals surface area contributed by atoms with E-state index >= 15 is 0 Å². The molecule has 0 bridgehead atoms. The molecule has 3 fully saturated rings. The van der Waals surface area contributed by atoms with Crippen molar-refractivity contribution in [2.75, 3.05) is 32.7 Å². The zero-order valence-corrected chi connectivity index (χ0v) is 19.3. The summed E-state index contributed by atoms with van der Waals surface area (Å²) < 4.78 is 0. The molecule has 0 radical (unpaired) electrons. The first-order valence-corrected chi connectivity index (χ1v) is 12.2. The fourth-order valence-corrected chi connectivity index (χ4v) is 5.20. The fraction of sp³-hybridized carbons (Fsp3) is 0.600. The van der Waals surface area contributed by atoms with E-state index in [1.54, 1.807) is 4.90 Å². The first kappa shape index (κ1) is 23.3. The summed E-state index contributed by atoms with van der Waals surface area (Å²) in [4.78, 5) is 55.0. The molecular weight excluding hydrogens is 420 g/mol. The molecule has 0 unspecified atom stereocenters. The highest BCUT2D eigenvalue weighted by molar-refractivity contribution is 6.07. The molecule has 3 aliphatic rings. The molecule has 178 valence electrons. The van der Waals surface area contributed by atoms with Crippen LogP contribution in [0.2, 0.25) is 0 Å².